The van der Waals surface area contributed by atoms with E-state index in [1.54, 1.807) is 13.0 Å². The Morgan fingerprint density at radius 1 is 1.41 bits per heavy atom. The van der Waals surface area contributed by atoms with Gasteiger partial charge < -0.3 is 4.90 Å². The first-order valence-corrected chi connectivity index (χ1v) is 6.75. The lowest BCUT2D eigenvalue weighted by atomic mass is 10.2. The molecule has 1 aromatic heterocycles. The van der Waals surface area contributed by atoms with Crippen LogP contribution < -0.4 is 4.90 Å². The maximum absolute atomic E-state index is 12.4. The summed E-state index contributed by atoms with van der Waals surface area (Å²) < 4.78 is 38.0. The number of rotatable bonds is 4. The Hall–Kier alpha value is -0.300. The van der Waals surface area contributed by atoms with Gasteiger partial charge >= 0.3 is 6.18 Å². The van der Waals surface area contributed by atoms with Crippen LogP contribution in [0.2, 0.25) is 0 Å². The molecule has 0 aromatic carbocycles. The molecular weight excluding hydrogens is 365 g/mol. The summed E-state index contributed by atoms with van der Waals surface area (Å²) in [5.41, 5.74) is 0.713. The highest BCUT2D eigenvalue weighted by atomic mass is 79.9. The number of hydrogen-bond donors (Lipinski definition) is 0. The molecule has 0 atom stereocenters. The van der Waals surface area contributed by atoms with E-state index in [4.69, 9.17) is 0 Å². The van der Waals surface area contributed by atoms with Gasteiger partial charge in [-0.25, -0.2) is 4.98 Å². The molecule has 0 radical (unpaired) electrons. The molecule has 0 aliphatic heterocycles. The molecule has 2 nitrogen and oxygen atoms in total. The normalized spacial score (nSPS) is 11.6. The minimum Gasteiger partial charge on any atom is -0.346 e. The van der Waals surface area contributed by atoms with Crippen molar-refractivity contribution in [3.8, 4) is 0 Å². The molecule has 17 heavy (non-hydrogen) atoms. The molecule has 1 heterocycles. The van der Waals surface area contributed by atoms with Crippen LogP contribution in [0.25, 0.3) is 0 Å². The minimum absolute atomic E-state index is 0.259. The molecule has 1 rings (SSSR count). The number of hydrogen-bond acceptors (Lipinski definition) is 2. The fourth-order valence-corrected chi connectivity index (χ4v) is 2.32. The zero-order valence-electron chi connectivity index (χ0n) is 9.06. The van der Waals surface area contributed by atoms with Gasteiger partial charge in [0.2, 0.25) is 0 Å². The van der Waals surface area contributed by atoms with Crippen molar-refractivity contribution in [1.82, 2.24) is 4.98 Å². The van der Waals surface area contributed by atoms with Gasteiger partial charge in [0.1, 0.15) is 12.4 Å². The van der Waals surface area contributed by atoms with Crippen LogP contribution in [0.1, 0.15) is 5.56 Å². The molecule has 0 fully saturated rings. The van der Waals surface area contributed by atoms with Gasteiger partial charge in [-0.15, -0.1) is 0 Å². The van der Waals surface area contributed by atoms with E-state index in [1.807, 2.05) is 0 Å². The van der Waals surface area contributed by atoms with Gasteiger partial charge in [-0.05, 0) is 34.5 Å². The SMILES string of the molecule is Cc1cc(Br)cnc1N(CCBr)CC(F)(F)F. The molecule has 0 N–H and O–H groups in total. The highest BCUT2D eigenvalue weighted by molar-refractivity contribution is 9.10. The number of halogens is 5. The molecule has 0 saturated carbocycles. The summed E-state index contributed by atoms with van der Waals surface area (Å²) in [5, 5.41) is 0.459. The third kappa shape index (κ3) is 4.83. The Morgan fingerprint density at radius 3 is 2.53 bits per heavy atom. The zero-order chi connectivity index (χ0) is 13.1. The number of anilines is 1. The smallest absolute Gasteiger partial charge is 0.346 e. The number of aryl methyl sites for hydroxylation is 1. The molecule has 0 spiro atoms. The predicted molar refractivity (Wildman–Crippen MR) is 68.7 cm³/mol. The quantitative estimate of drug-likeness (QED) is 0.741. The standard InChI is InChI=1S/C10H11Br2F3N2/c1-7-4-8(12)5-16-9(7)17(3-2-11)6-10(13,14)15/h4-5H,2-3,6H2,1H3. The first-order chi connectivity index (χ1) is 7.83. The number of pyridine rings is 1. The van der Waals surface area contributed by atoms with E-state index in [1.165, 1.54) is 11.1 Å². The van der Waals surface area contributed by atoms with Crippen molar-refractivity contribution in [2.45, 2.75) is 13.1 Å². The van der Waals surface area contributed by atoms with Crippen molar-refractivity contribution in [3.05, 3.63) is 22.3 Å². The molecule has 1 aromatic rings. The Balaban J connectivity index is 2.97. The highest BCUT2D eigenvalue weighted by Gasteiger charge is 2.31. The molecule has 0 amide bonds. The third-order valence-electron chi connectivity index (χ3n) is 2.04. The fraction of sp³-hybridized carbons (Fsp3) is 0.500. The molecule has 0 aliphatic carbocycles. The summed E-state index contributed by atoms with van der Waals surface area (Å²) in [7, 11) is 0. The Bertz CT molecular complexity index is 382. The average Bonchev–Trinajstić information content (AvgIpc) is 2.14. The van der Waals surface area contributed by atoms with Crippen LogP contribution in [0.15, 0.2) is 16.7 Å². The van der Waals surface area contributed by atoms with Crippen LogP contribution in [-0.4, -0.2) is 29.6 Å². The van der Waals surface area contributed by atoms with Crippen LogP contribution in [-0.2, 0) is 0 Å². The second kappa shape index (κ2) is 6.04. The van der Waals surface area contributed by atoms with Crippen molar-refractivity contribution in [1.29, 1.82) is 0 Å². The lowest BCUT2D eigenvalue weighted by Crippen LogP contribution is -2.36. The van der Waals surface area contributed by atoms with E-state index in [-0.39, 0.29) is 6.54 Å². The summed E-state index contributed by atoms with van der Waals surface area (Å²) in [6.45, 7) is 1.01. The Morgan fingerprint density at radius 2 is 2.06 bits per heavy atom. The summed E-state index contributed by atoms with van der Waals surface area (Å²) in [6.07, 6.45) is -2.73. The summed E-state index contributed by atoms with van der Waals surface area (Å²) in [4.78, 5) is 5.26. The molecule has 7 heteroatoms. The van der Waals surface area contributed by atoms with Gasteiger partial charge in [-0.1, -0.05) is 15.9 Å². The molecular formula is C10H11Br2F3N2. The van der Waals surface area contributed by atoms with Crippen LogP contribution in [0.3, 0.4) is 0 Å². The van der Waals surface area contributed by atoms with E-state index in [0.29, 0.717) is 16.7 Å². The monoisotopic (exact) mass is 374 g/mol. The average molecular weight is 376 g/mol. The van der Waals surface area contributed by atoms with Gasteiger partial charge in [0, 0.05) is 22.5 Å². The van der Waals surface area contributed by atoms with E-state index in [2.05, 4.69) is 36.8 Å². The maximum atomic E-state index is 12.4. The molecule has 96 valence electrons. The zero-order valence-corrected chi connectivity index (χ0v) is 12.2. The largest absolute Gasteiger partial charge is 0.405 e. The van der Waals surface area contributed by atoms with E-state index in [0.717, 1.165) is 4.47 Å². The first kappa shape index (κ1) is 14.8. The maximum Gasteiger partial charge on any atom is 0.405 e. The fourth-order valence-electron chi connectivity index (χ4n) is 1.44. The lowest BCUT2D eigenvalue weighted by molar-refractivity contribution is -0.119. The molecule has 0 bridgehead atoms. The lowest BCUT2D eigenvalue weighted by Gasteiger charge is -2.25. The van der Waals surface area contributed by atoms with Crippen molar-refractivity contribution >= 4 is 37.7 Å². The van der Waals surface area contributed by atoms with Crippen molar-refractivity contribution < 1.29 is 13.2 Å². The molecule has 0 saturated heterocycles. The van der Waals surface area contributed by atoms with Gasteiger partial charge in [0.05, 0.1) is 0 Å². The van der Waals surface area contributed by atoms with E-state index >= 15 is 0 Å². The highest BCUT2D eigenvalue weighted by Crippen LogP contribution is 2.25. The predicted octanol–water partition coefficient (Wildman–Crippen LogP) is 3.92. The van der Waals surface area contributed by atoms with Crippen molar-refractivity contribution in [3.63, 3.8) is 0 Å². The van der Waals surface area contributed by atoms with Gasteiger partial charge in [0.15, 0.2) is 0 Å². The second-order valence-corrected chi connectivity index (χ2v) is 5.23. The van der Waals surface area contributed by atoms with Crippen LogP contribution in [0, 0.1) is 6.92 Å². The topological polar surface area (TPSA) is 16.1 Å². The van der Waals surface area contributed by atoms with Gasteiger partial charge in [-0.2, -0.15) is 13.2 Å². The van der Waals surface area contributed by atoms with Gasteiger partial charge in [0.25, 0.3) is 0 Å². The minimum atomic E-state index is -4.23. The van der Waals surface area contributed by atoms with E-state index in [9.17, 15) is 13.2 Å². The Labute approximate surface area is 114 Å². The third-order valence-corrected chi connectivity index (χ3v) is 2.83. The van der Waals surface area contributed by atoms with Gasteiger partial charge in [-0.3, -0.25) is 0 Å². The summed E-state index contributed by atoms with van der Waals surface area (Å²) in [6, 6.07) is 1.75. The van der Waals surface area contributed by atoms with Crippen molar-refractivity contribution in [2.24, 2.45) is 0 Å². The summed E-state index contributed by atoms with van der Waals surface area (Å²) >= 11 is 6.38. The summed E-state index contributed by atoms with van der Waals surface area (Å²) in [5.74, 6) is 0.366. The molecule has 0 aliphatic rings. The number of alkyl halides is 4. The van der Waals surface area contributed by atoms with E-state index < -0.39 is 12.7 Å². The van der Waals surface area contributed by atoms with Crippen LogP contribution in [0.5, 0.6) is 0 Å². The number of aromatic nitrogens is 1. The molecule has 0 unspecified atom stereocenters. The Kier molecular flexibility index (Phi) is 5.24. The van der Waals surface area contributed by atoms with Crippen LogP contribution >= 0.6 is 31.9 Å². The first-order valence-electron chi connectivity index (χ1n) is 4.83. The second-order valence-electron chi connectivity index (χ2n) is 3.52. The van der Waals surface area contributed by atoms with Crippen molar-refractivity contribution in [2.75, 3.05) is 23.3 Å². The number of nitrogens with zero attached hydrogens (tertiary/aromatic N) is 2. The van der Waals surface area contributed by atoms with Crippen LogP contribution in [0.4, 0.5) is 19.0 Å².